The monoisotopic (exact) mass is 283 g/mol. The molecule has 0 radical (unpaired) electrons. The number of rotatable bonds is 5. The molecule has 0 aliphatic rings. The van der Waals surface area contributed by atoms with Gasteiger partial charge in [0.2, 0.25) is 11.7 Å². The number of nitrogens with two attached hydrogens (primary N) is 1. The normalized spacial score (nSPS) is 12.6. The fraction of sp³-hybridized carbons (Fsp3) is 0.333. The summed E-state index contributed by atoms with van der Waals surface area (Å²) < 4.78 is 5.18. The minimum Gasteiger partial charge on any atom is -0.337 e. The van der Waals surface area contributed by atoms with Crippen molar-refractivity contribution in [2.45, 2.75) is 12.5 Å². The number of halogens is 1. The van der Waals surface area contributed by atoms with Gasteiger partial charge in [0, 0.05) is 10.6 Å². The summed E-state index contributed by atoms with van der Waals surface area (Å²) in [6, 6.07) is 7.08. The van der Waals surface area contributed by atoms with E-state index < -0.39 is 0 Å². The lowest BCUT2D eigenvalue weighted by Gasteiger charge is -2.03. The van der Waals surface area contributed by atoms with Crippen molar-refractivity contribution in [1.29, 1.82) is 0 Å². The average molecular weight is 284 g/mol. The van der Waals surface area contributed by atoms with E-state index in [-0.39, 0.29) is 6.04 Å². The van der Waals surface area contributed by atoms with Crippen molar-refractivity contribution in [3.63, 3.8) is 0 Å². The summed E-state index contributed by atoms with van der Waals surface area (Å²) in [6.07, 6.45) is 2.86. The highest BCUT2D eigenvalue weighted by Gasteiger charge is 2.15. The standard InChI is InChI=1S/C12H14ClN3OS/c1-18-7-6-10(14)12-15-11(16-17-12)8-2-4-9(13)5-3-8/h2-5,10H,6-7,14H2,1H3. The molecule has 2 aromatic rings. The van der Waals surface area contributed by atoms with E-state index >= 15 is 0 Å². The summed E-state index contributed by atoms with van der Waals surface area (Å²) in [7, 11) is 0. The third-order valence-corrected chi connectivity index (χ3v) is 3.39. The zero-order valence-corrected chi connectivity index (χ0v) is 11.5. The number of aromatic nitrogens is 2. The van der Waals surface area contributed by atoms with Gasteiger partial charge in [0.05, 0.1) is 6.04 Å². The van der Waals surface area contributed by atoms with E-state index in [4.69, 9.17) is 21.9 Å². The fourth-order valence-electron chi connectivity index (χ4n) is 1.47. The third-order valence-electron chi connectivity index (χ3n) is 2.49. The van der Waals surface area contributed by atoms with Crippen LogP contribution in [0.5, 0.6) is 0 Å². The summed E-state index contributed by atoms with van der Waals surface area (Å²) in [5.41, 5.74) is 6.83. The minimum atomic E-state index is -0.203. The zero-order valence-electron chi connectivity index (χ0n) is 9.97. The highest BCUT2D eigenvalue weighted by molar-refractivity contribution is 7.98. The Labute approximate surface area is 115 Å². The molecule has 0 fully saturated rings. The van der Waals surface area contributed by atoms with Crippen molar-refractivity contribution >= 4 is 23.4 Å². The highest BCUT2D eigenvalue weighted by atomic mass is 35.5. The van der Waals surface area contributed by atoms with Crippen LogP contribution in [0.3, 0.4) is 0 Å². The molecule has 0 saturated carbocycles. The Kier molecular flexibility index (Phi) is 4.63. The molecule has 18 heavy (non-hydrogen) atoms. The van der Waals surface area contributed by atoms with Crippen LogP contribution in [-0.4, -0.2) is 22.1 Å². The topological polar surface area (TPSA) is 64.9 Å². The SMILES string of the molecule is CSCCC(N)c1nc(-c2ccc(Cl)cc2)no1. The number of thioether (sulfide) groups is 1. The predicted octanol–water partition coefficient (Wildman–Crippen LogP) is 3.14. The first kappa shape index (κ1) is 13.4. The molecular formula is C12H14ClN3OS. The molecule has 6 heteroatoms. The van der Waals surface area contributed by atoms with Crippen LogP contribution < -0.4 is 5.73 Å². The molecule has 1 unspecified atom stereocenters. The summed E-state index contributed by atoms with van der Waals surface area (Å²) >= 11 is 7.57. The lowest BCUT2D eigenvalue weighted by atomic mass is 10.2. The van der Waals surface area contributed by atoms with Gasteiger partial charge in [0.15, 0.2) is 0 Å². The Morgan fingerprint density at radius 1 is 1.39 bits per heavy atom. The van der Waals surface area contributed by atoms with Gasteiger partial charge in [0.25, 0.3) is 0 Å². The molecular weight excluding hydrogens is 270 g/mol. The molecule has 1 aromatic heterocycles. The van der Waals surface area contributed by atoms with Crippen molar-refractivity contribution in [3.8, 4) is 11.4 Å². The average Bonchev–Trinajstić information content (AvgIpc) is 2.86. The zero-order chi connectivity index (χ0) is 13.0. The molecule has 2 N–H and O–H groups in total. The van der Waals surface area contributed by atoms with Crippen LogP contribution in [0.2, 0.25) is 5.02 Å². The largest absolute Gasteiger partial charge is 0.337 e. The molecule has 0 amide bonds. The Morgan fingerprint density at radius 2 is 2.11 bits per heavy atom. The molecule has 1 aromatic carbocycles. The van der Waals surface area contributed by atoms with Crippen LogP contribution in [0.4, 0.5) is 0 Å². The van der Waals surface area contributed by atoms with Gasteiger partial charge in [-0.1, -0.05) is 16.8 Å². The number of hydrogen-bond acceptors (Lipinski definition) is 5. The number of hydrogen-bond donors (Lipinski definition) is 1. The van der Waals surface area contributed by atoms with Gasteiger partial charge < -0.3 is 10.3 Å². The summed E-state index contributed by atoms with van der Waals surface area (Å²) in [5, 5.41) is 4.61. The Morgan fingerprint density at radius 3 is 2.78 bits per heavy atom. The van der Waals surface area contributed by atoms with Crippen LogP contribution >= 0.6 is 23.4 Å². The summed E-state index contributed by atoms with van der Waals surface area (Å²) in [4.78, 5) is 4.31. The van der Waals surface area contributed by atoms with Gasteiger partial charge in [-0.25, -0.2) is 0 Å². The van der Waals surface area contributed by atoms with E-state index in [2.05, 4.69) is 10.1 Å². The molecule has 2 rings (SSSR count). The Balaban J connectivity index is 2.12. The first-order valence-electron chi connectivity index (χ1n) is 5.55. The predicted molar refractivity (Wildman–Crippen MR) is 74.7 cm³/mol. The number of nitrogens with zero attached hydrogens (tertiary/aromatic N) is 2. The highest BCUT2D eigenvalue weighted by Crippen LogP contribution is 2.21. The van der Waals surface area contributed by atoms with Crippen LogP contribution in [0.15, 0.2) is 28.8 Å². The maximum Gasteiger partial charge on any atom is 0.243 e. The first-order chi connectivity index (χ1) is 8.70. The van der Waals surface area contributed by atoms with Crippen LogP contribution in [0.1, 0.15) is 18.4 Å². The second-order valence-electron chi connectivity index (χ2n) is 3.85. The van der Waals surface area contributed by atoms with Crippen molar-refractivity contribution in [2.75, 3.05) is 12.0 Å². The van der Waals surface area contributed by atoms with E-state index in [0.717, 1.165) is 17.7 Å². The van der Waals surface area contributed by atoms with Gasteiger partial charge >= 0.3 is 0 Å². The minimum absolute atomic E-state index is 0.203. The van der Waals surface area contributed by atoms with Crippen molar-refractivity contribution in [1.82, 2.24) is 10.1 Å². The molecule has 4 nitrogen and oxygen atoms in total. The van der Waals surface area contributed by atoms with Crippen molar-refractivity contribution in [2.24, 2.45) is 5.73 Å². The van der Waals surface area contributed by atoms with Crippen molar-refractivity contribution < 1.29 is 4.52 Å². The van der Waals surface area contributed by atoms with E-state index in [1.807, 2.05) is 18.4 Å². The van der Waals surface area contributed by atoms with Gasteiger partial charge in [-0.15, -0.1) is 0 Å². The third kappa shape index (κ3) is 3.25. The molecule has 0 aliphatic heterocycles. The summed E-state index contributed by atoms with van der Waals surface area (Å²) in [6.45, 7) is 0. The smallest absolute Gasteiger partial charge is 0.243 e. The van der Waals surface area contributed by atoms with Crippen molar-refractivity contribution in [3.05, 3.63) is 35.2 Å². The Bertz CT molecular complexity index is 500. The molecule has 1 atom stereocenters. The first-order valence-corrected chi connectivity index (χ1v) is 7.32. The molecule has 0 aliphatic carbocycles. The van der Waals surface area contributed by atoms with Crippen LogP contribution in [-0.2, 0) is 0 Å². The molecule has 0 spiro atoms. The van der Waals surface area contributed by atoms with Gasteiger partial charge in [-0.3, -0.25) is 0 Å². The second-order valence-corrected chi connectivity index (χ2v) is 5.27. The second kappa shape index (κ2) is 6.22. The quantitative estimate of drug-likeness (QED) is 0.913. The summed E-state index contributed by atoms with van der Waals surface area (Å²) in [5.74, 6) is 2.00. The maximum atomic E-state index is 5.97. The lowest BCUT2D eigenvalue weighted by Crippen LogP contribution is -2.11. The maximum absolute atomic E-state index is 5.97. The van der Waals surface area contributed by atoms with Gasteiger partial charge in [0.1, 0.15) is 0 Å². The van der Waals surface area contributed by atoms with E-state index in [1.54, 1.807) is 23.9 Å². The van der Waals surface area contributed by atoms with E-state index in [9.17, 15) is 0 Å². The molecule has 96 valence electrons. The van der Waals surface area contributed by atoms with E-state index in [0.29, 0.717) is 16.7 Å². The van der Waals surface area contributed by atoms with Gasteiger partial charge in [-0.2, -0.15) is 16.7 Å². The molecule has 1 heterocycles. The number of benzene rings is 1. The van der Waals surface area contributed by atoms with E-state index in [1.165, 1.54) is 0 Å². The molecule has 0 saturated heterocycles. The fourth-order valence-corrected chi connectivity index (χ4v) is 2.09. The Hall–Kier alpha value is -1.04. The lowest BCUT2D eigenvalue weighted by molar-refractivity contribution is 0.353. The van der Waals surface area contributed by atoms with Crippen LogP contribution in [0, 0.1) is 0 Å². The van der Waals surface area contributed by atoms with Crippen LogP contribution in [0.25, 0.3) is 11.4 Å². The molecule has 0 bridgehead atoms. The van der Waals surface area contributed by atoms with Gasteiger partial charge in [-0.05, 0) is 42.7 Å².